The van der Waals surface area contributed by atoms with Crippen molar-refractivity contribution in [1.29, 1.82) is 0 Å². The first kappa shape index (κ1) is 22.1. The Balaban J connectivity index is 1.82. The molecule has 4 rings (SSSR count). The molecule has 0 spiro atoms. The molecule has 1 heterocycles. The van der Waals surface area contributed by atoms with E-state index < -0.39 is 17.6 Å². The average molecular weight is 446 g/mol. The van der Waals surface area contributed by atoms with E-state index in [0.29, 0.717) is 29.3 Å². The summed E-state index contributed by atoms with van der Waals surface area (Å²) in [5, 5.41) is 0. The third-order valence-electron chi connectivity index (χ3n) is 5.46. The summed E-state index contributed by atoms with van der Waals surface area (Å²) in [7, 11) is 4.73. The number of nitrogens with zero attached hydrogens (tertiary/aromatic N) is 2. The van der Waals surface area contributed by atoms with Gasteiger partial charge in [0, 0.05) is 19.7 Å². The number of halogens is 1. The van der Waals surface area contributed by atoms with Crippen LogP contribution in [0.3, 0.4) is 0 Å². The Kier molecular flexibility index (Phi) is 6.13. The van der Waals surface area contributed by atoms with Gasteiger partial charge >= 0.3 is 0 Å². The van der Waals surface area contributed by atoms with E-state index in [2.05, 4.69) is 0 Å². The molecule has 0 atom stereocenters. The number of carbonyl (C=O) groups excluding carboxylic acids is 2. The summed E-state index contributed by atoms with van der Waals surface area (Å²) < 4.78 is 24.3. The van der Waals surface area contributed by atoms with Gasteiger partial charge in [0.15, 0.2) is 0 Å². The van der Waals surface area contributed by atoms with Gasteiger partial charge in [0.1, 0.15) is 23.0 Å². The van der Waals surface area contributed by atoms with Crippen LogP contribution in [0.25, 0.3) is 5.57 Å². The van der Waals surface area contributed by atoms with Gasteiger partial charge in [0.05, 0.1) is 25.5 Å². The average Bonchev–Trinajstić information content (AvgIpc) is 3.09. The molecule has 3 aromatic carbocycles. The zero-order valence-corrected chi connectivity index (χ0v) is 18.5. The molecule has 1 aliphatic heterocycles. The molecular weight excluding hydrogens is 423 g/mol. The third-order valence-corrected chi connectivity index (χ3v) is 5.46. The number of likely N-dealkylation sites (N-methyl/N-ethyl adjacent to an activating group) is 1. The minimum absolute atomic E-state index is 0.205. The van der Waals surface area contributed by atoms with Gasteiger partial charge in [-0.15, -0.1) is 0 Å². The number of rotatable bonds is 7. The van der Waals surface area contributed by atoms with E-state index in [1.807, 2.05) is 30.3 Å². The van der Waals surface area contributed by atoms with Crippen molar-refractivity contribution in [3.8, 4) is 11.5 Å². The molecule has 0 N–H and O–H groups in total. The zero-order valence-electron chi connectivity index (χ0n) is 18.5. The molecule has 0 bridgehead atoms. The molecule has 7 heteroatoms. The highest BCUT2D eigenvalue weighted by Gasteiger charge is 2.42. The van der Waals surface area contributed by atoms with E-state index in [1.165, 1.54) is 38.5 Å². The number of anilines is 1. The summed E-state index contributed by atoms with van der Waals surface area (Å²) in [5.74, 6) is -0.570. The maximum atomic E-state index is 13.7. The van der Waals surface area contributed by atoms with Crippen molar-refractivity contribution < 1.29 is 23.5 Å². The summed E-state index contributed by atoms with van der Waals surface area (Å²) in [5.41, 5.74) is 2.17. The molecule has 0 unspecified atom stereocenters. The van der Waals surface area contributed by atoms with E-state index >= 15 is 0 Å². The fourth-order valence-corrected chi connectivity index (χ4v) is 3.87. The van der Waals surface area contributed by atoms with Crippen molar-refractivity contribution in [2.24, 2.45) is 0 Å². The van der Waals surface area contributed by atoms with Crippen LogP contribution in [0.1, 0.15) is 11.1 Å². The number of methoxy groups -OCH3 is 2. The molecule has 1 aliphatic rings. The monoisotopic (exact) mass is 446 g/mol. The van der Waals surface area contributed by atoms with Gasteiger partial charge in [0.2, 0.25) is 0 Å². The Hall–Kier alpha value is -4.13. The maximum Gasteiger partial charge on any atom is 0.282 e. The molecule has 168 valence electrons. The van der Waals surface area contributed by atoms with Crippen molar-refractivity contribution in [3.63, 3.8) is 0 Å². The van der Waals surface area contributed by atoms with Crippen molar-refractivity contribution in [2.45, 2.75) is 6.54 Å². The predicted molar refractivity (Wildman–Crippen MR) is 123 cm³/mol. The van der Waals surface area contributed by atoms with E-state index in [0.717, 1.165) is 10.5 Å². The fraction of sp³-hybridized carbons (Fsp3) is 0.154. The normalized spacial score (nSPS) is 13.5. The van der Waals surface area contributed by atoms with Crippen LogP contribution in [0, 0.1) is 5.82 Å². The van der Waals surface area contributed by atoms with E-state index in [4.69, 9.17) is 9.47 Å². The predicted octanol–water partition coefficient (Wildman–Crippen LogP) is 4.26. The van der Waals surface area contributed by atoms with Gasteiger partial charge in [-0.25, -0.2) is 9.29 Å². The zero-order chi connectivity index (χ0) is 23.5. The molecule has 0 aromatic heterocycles. The second-order valence-corrected chi connectivity index (χ2v) is 7.56. The number of hydrogen-bond acceptors (Lipinski definition) is 5. The molecule has 2 amide bonds. The number of amides is 2. The molecule has 33 heavy (non-hydrogen) atoms. The molecule has 0 radical (unpaired) electrons. The first-order valence-corrected chi connectivity index (χ1v) is 10.3. The van der Waals surface area contributed by atoms with Gasteiger partial charge < -0.3 is 14.4 Å². The third kappa shape index (κ3) is 4.17. The summed E-state index contributed by atoms with van der Waals surface area (Å²) in [4.78, 5) is 30.1. The molecule has 0 saturated carbocycles. The lowest BCUT2D eigenvalue weighted by atomic mass is 10.0. The molecule has 0 saturated heterocycles. The molecule has 0 fully saturated rings. The second-order valence-electron chi connectivity index (χ2n) is 7.56. The van der Waals surface area contributed by atoms with Crippen molar-refractivity contribution in [3.05, 3.63) is 95.4 Å². The topological polar surface area (TPSA) is 59.1 Å². The lowest BCUT2D eigenvalue weighted by molar-refractivity contribution is -0.120. The standard InChI is InChI=1S/C26H23FN2O4/c1-28(16-17-7-5-4-6-8-17)24-23(18-9-11-19(27)12-10-18)25(30)29(26(24)31)21-14-13-20(32-2)15-22(21)33-3/h4-15H,16H2,1-3H3. The molecule has 0 aliphatic carbocycles. The van der Waals surface area contributed by atoms with E-state index in [1.54, 1.807) is 30.1 Å². The van der Waals surface area contributed by atoms with Crippen molar-refractivity contribution >= 4 is 23.1 Å². The first-order valence-electron chi connectivity index (χ1n) is 10.3. The van der Waals surface area contributed by atoms with Gasteiger partial charge in [-0.2, -0.15) is 0 Å². The Labute approximate surface area is 191 Å². The van der Waals surface area contributed by atoms with Gasteiger partial charge in [-0.05, 0) is 35.4 Å². The number of benzene rings is 3. The number of ether oxygens (including phenoxy) is 2. The van der Waals surface area contributed by atoms with Crippen LogP contribution < -0.4 is 14.4 Å². The van der Waals surface area contributed by atoms with Gasteiger partial charge in [0.25, 0.3) is 11.8 Å². The Morgan fingerprint density at radius 3 is 2.21 bits per heavy atom. The first-order chi connectivity index (χ1) is 15.9. The van der Waals surface area contributed by atoms with Crippen LogP contribution in [-0.4, -0.2) is 38.0 Å². The fourth-order valence-electron chi connectivity index (χ4n) is 3.87. The largest absolute Gasteiger partial charge is 0.497 e. The highest BCUT2D eigenvalue weighted by molar-refractivity contribution is 6.45. The minimum Gasteiger partial charge on any atom is -0.497 e. The summed E-state index contributed by atoms with van der Waals surface area (Å²) in [6.07, 6.45) is 0. The van der Waals surface area contributed by atoms with Gasteiger partial charge in [-0.1, -0.05) is 42.5 Å². The highest BCUT2D eigenvalue weighted by Crippen LogP contribution is 2.40. The Bertz CT molecular complexity index is 1220. The number of hydrogen-bond donors (Lipinski definition) is 0. The maximum absolute atomic E-state index is 13.7. The van der Waals surface area contributed by atoms with Crippen molar-refractivity contribution in [2.75, 3.05) is 26.2 Å². The van der Waals surface area contributed by atoms with Crippen LogP contribution in [0.15, 0.2) is 78.5 Å². The Morgan fingerprint density at radius 1 is 0.879 bits per heavy atom. The quantitative estimate of drug-likeness (QED) is 0.508. The smallest absolute Gasteiger partial charge is 0.282 e. The van der Waals surface area contributed by atoms with E-state index in [-0.39, 0.29) is 11.3 Å². The van der Waals surface area contributed by atoms with Crippen LogP contribution in [0.4, 0.5) is 10.1 Å². The Morgan fingerprint density at radius 2 is 1.58 bits per heavy atom. The van der Waals surface area contributed by atoms with Crippen LogP contribution in [0.5, 0.6) is 11.5 Å². The number of imide groups is 1. The summed E-state index contributed by atoms with van der Waals surface area (Å²) in [6.45, 7) is 0.410. The molecule has 6 nitrogen and oxygen atoms in total. The van der Waals surface area contributed by atoms with Crippen LogP contribution in [-0.2, 0) is 16.1 Å². The van der Waals surface area contributed by atoms with Crippen LogP contribution in [0.2, 0.25) is 0 Å². The lowest BCUT2D eigenvalue weighted by Crippen LogP contribution is -2.34. The highest BCUT2D eigenvalue weighted by atomic mass is 19.1. The van der Waals surface area contributed by atoms with Crippen molar-refractivity contribution in [1.82, 2.24) is 4.90 Å². The molecule has 3 aromatic rings. The van der Waals surface area contributed by atoms with Crippen LogP contribution >= 0.6 is 0 Å². The lowest BCUT2D eigenvalue weighted by Gasteiger charge is -2.22. The SMILES string of the molecule is COc1ccc(N2C(=O)C(c3ccc(F)cc3)=C(N(C)Cc3ccccc3)C2=O)c(OC)c1. The summed E-state index contributed by atoms with van der Waals surface area (Å²) in [6, 6.07) is 20.0. The summed E-state index contributed by atoms with van der Waals surface area (Å²) >= 11 is 0. The molecular formula is C26H23FN2O4. The second kappa shape index (κ2) is 9.16. The van der Waals surface area contributed by atoms with Gasteiger partial charge in [-0.3, -0.25) is 9.59 Å². The number of carbonyl (C=O) groups is 2. The minimum atomic E-state index is -0.509. The van der Waals surface area contributed by atoms with E-state index in [9.17, 15) is 14.0 Å².